The Labute approximate surface area is 207 Å². The van der Waals surface area contributed by atoms with Gasteiger partial charge in [-0.1, -0.05) is 29.9 Å². The van der Waals surface area contributed by atoms with Crippen molar-refractivity contribution in [1.82, 2.24) is 20.4 Å². The summed E-state index contributed by atoms with van der Waals surface area (Å²) in [6, 6.07) is 13.3. The van der Waals surface area contributed by atoms with Gasteiger partial charge in [0.15, 0.2) is 5.01 Å². The Morgan fingerprint density at radius 1 is 1.11 bits per heavy atom. The summed E-state index contributed by atoms with van der Waals surface area (Å²) in [6.45, 7) is 4.92. The molecule has 2 heterocycles. The van der Waals surface area contributed by atoms with Crippen molar-refractivity contribution in [3.05, 3.63) is 69.9 Å². The predicted molar refractivity (Wildman–Crippen MR) is 132 cm³/mol. The molecule has 4 rings (SSSR count). The van der Waals surface area contributed by atoms with E-state index in [2.05, 4.69) is 32.7 Å². The molecular weight excluding hydrogens is 469 g/mol. The minimum atomic E-state index is -0.538. The molecule has 0 saturated carbocycles. The molecule has 8 nitrogen and oxygen atoms in total. The van der Waals surface area contributed by atoms with Crippen molar-refractivity contribution >= 4 is 28.8 Å². The summed E-state index contributed by atoms with van der Waals surface area (Å²) >= 11 is 1.06. The smallest absolute Gasteiger partial charge is 0.286 e. The van der Waals surface area contributed by atoms with Crippen LogP contribution in [0.25, 0.3) is 0 Å². The lowest BCUT2D eigenvalue weighted by atomic mass is 10.0. The fourth-order valence-corrected chi connectivity index (χ4v) is 4.54. The number of benzene rings is 2. The summed E-state index contributed by atoms with van der Waals surface area (Å²) in [4.78, 5) is 27.1. The number of hydrogen-bond donors (Lipinski definition) is 2. The number of amides is 2. The number of ether oxygens (including phenoxy) is 1. The van der Waals surface area contributed by atoms with Crippen LogP contribution >= 0.6 is 11.3 Å². The van der Waals surface area contributed by atoms with Crippen LogP contribution in [-0.4, -0.2) is 52.6 Å². The Kier molecular flexibility index (Phi) is 8.38. The zero-order chi connectivity index (χ0) is 24.6. The first-order chi connectivity index (χ1) is 17.0. The first-order valence-electron chi connectivity index (χ1n) is 11.6. The minimum absolute atomic E-state index is 0.0793. The second-order valence-electron chi connectivity index (χ2n) is 8.38. The van der Waals surface area contributed by atoms with Crippen LogP contribution in [0.2, 0.25) is 0 Å². The van der Waals surface area contributed by atoms with Crippen molar-refractivity contribution in [1.29, 1.82) is 0 Å². The molecule has 0 radical (unpaired) electrons. The first kappa shape index (κ1) is 24.7. The highest BCUT2D eigenvalue weighted by molar-refractivity contribution is 7.13. The average molecular weight is 498 g/mol. The van der Waals surface area contributed by atoms with E-state index in [1.54, 1.807) is 36.4 Å². The molecule has 0 aliphatic carbocycles. The standard InChI is InChI=1S/C25H28FN5O3S/c1-17-6-4-5-14-31(17)15-13-27-23(32)18-9-11-19(12-10-18)34-16-22-29-30-25(35-22)24(33)28-21-8-3-2-7-20(21)26/h2-3,7-12,17H,4-6,13-16H2,1H3,(H,27,32)(H,28,33)/t17-/m0/s1. The fraction of sp³-hybridized carbons (Fsp3) is 0.360. The third-order valence-electron chi connectivity index (χ3n) is 5.89. The maximum absolute atomic E-state index is 13.7. The summed E-state index contributed by atoms with van der Waals surface area (Å²) in [5.41, 5.74) is 0.641. The molecule has 0 unspecified atom stereocenters. The van der Waals surface area contributed by atoms with E-state index in [9.17, 15) is 14.0 Å². The highest BCUT2D eigenvalue weighted by Crippen LogP contribution is 2.19. The Balaban J connectivity index is 1.22. The van der Waals surface area contributed by atoms with Gasteiger partial charge in [-0.15, -0.1) is 10.2 Å². The Morgan fingerprint density at radius 3 is 2.69 bits per heavy atom. The number of hydrogen-bond acceptors (Lipinski definition) is 7. The maximum Gasteiger partial charge on any atom is 0.286 e. The molecule has 0 bridgehead atoms. The van der Waals surface area contributed by atoms with Crippen molar-refractivity contribution in [2.45, 2.75) is 38.8 Å². The maximum atomic E-state index is 13.7. The van der Waals surface area contributed by atoms with Gasteiger partial charge in [0.1, 0.15) is 18.2 Å². The summed E-state index contributed by atoms with van der Waals surface area (Å²) in [6.07, 6.45) is 3.72. The van der Waals surface area contributed by atoms with Crippen molar-refractivity contribution in [3.8, 4) is 5.75 Å². The van der Waals surface area contributed by atoms with Gasteiger partial charge in [-0.2, -0.15) is 0 Å². The summed E-state index contributed by atoms with van der Waals surface area (Å²) in [5, 5.41) is 13.9. The van der Waals surface area contributed by atoms with Crippen LogP contribution < -0.4 is 15.4 Å². The number of carbonyl (C=O) groups is 2. The average Bonchev–Trinajstić information content (AvgIpc) is 3.35. The summed E-state index contributed by atoms with van der Waals surface area (Å²) in [5.74, 6) is -0.612. The monoisotopic (exact) mass is 497 g/mol. The molecule has 0 spiro atoms. The number of nitrogens with one attached hydrogen (secondary N) is 2. The van der Waals surface area contributed by atoms with E-state index < -0.39 is 11.7 Å². The van der Waals surface area contributed by atoms with Crippen molar-refractivity contribution in [2.24, 2.45) is 0 Å². The number of aromatic nitrogens is 2. The van der Waals surface area contributed by atoms with Gasteiger partial charge in [0.25, 0.3) is 11.8 Å². The molecule has 2 aromatic carbocycles. The number of carbonyl (C=O) groups excluding carboxylic acids is 2. The van der Waals surface area contributed by atoms with E-state index >= 15 is 0 Å². The van der Waals surface area contributed by atoms with E-state index in [0.29, 0.717) is 28.9 Å². The van der Waals surface area contributed by atoms with Crippen LogP contribution in [0.5, 0.6) is 5.75 Å². The van der Waals surface area contributed by atoms with Crippen molar-refractivity contribution < 1.29 is 18.7 Å². The van der Waals surface area contributed by atoms with Gasteiger partial charge < -0.3 is 15.4 Å². The van der Waals surface area contributed by atoms with Gasteiger partial charge in [-0.3, -0.25) is 14.5 Å². The van der Waals surface area contributed by atoms with Gasteiger partial charge in [-0.25, -0.2) is 4.39 Å². The molecule has 3 aromatic rings. The lowest BCUT2D eigenvalue weighted by Crippen LogP contribution is -2.42. The summed E-state index contributed by atoms with van der Waals surface area (Å²) in [7, 11) is 0. The Morgan fingerprint density at radius 2 is 1.91 bits per heavy atom. The number of anilines is 1. The van der Waals surface area contributed by atoms with Crippen LogP contribution in [0, 0.1) is 5.82 Å². The number of rotatable bonds is 9. The molecular formula is C25H28FN5O3S. The highest BCUT2D eigenvalue weighted by atomic mass is 32.1. The Hall–Kier alpha value is -3.37. The van der Waals surface area contributed by atoms with Crippen molar-refractivity contribution in [2.75, 3.05) is 25.0 Å². The minimum Gasteiger partial charge on any atom is -0.486 e. The van der Waals surface area contributed by atoms with Gasteiger partial charge in [-0.05, 0) is 62.7 Å². The van der Waals surface area contributed by atoms with Gasteiger partial charge >= 0.3 is 0 Å². The van der Waals surface area contributed by atoms with Gasteiger partial charge in [0, 0.05) is 24.7 Å². The number of likely N-dealkylation sites (tertiary alicyclic amines) is 1. The lowest BCUT2D eigenvalue weighted by molar-refractivity contribution is 0.0937. The number of nitrogens with zero attached hydrogens (tertiary/aromatic N) is 3. The quantitative estimate of drug-likeness (QED) is 0.462. The molecule has 1 aliphatic heterocycles. The highest BCUT2D eigenvalue weighted by Gasteiger charge is 2.18. The normalized spacial score (nSPS) is 16.0. The largest absolute Gasteiger partial charge is 0.486 e. The summed E-state index contributed by atoms with van der Waals surface area (Å²) < 4.78 is 19.4. The zero-order valence-corrected chi connectivity index (χ0v) is 20.3. The molecule has 10 heteroatoms. The van der Waals surface area contributed by atoms with Crippen LogP contribution in [0.15, 0.2) is 48.5 Å². The molecule has 2 amide bonds. The number of halogens is 1. The molecule has 1 atom stereocenters. The van der Waals surface area contributed by atoms with E-state index in [-0.39, 0.29) is 23.2 Å². The Bertz CT molecular complexity index is 1150. The topological polar surface area (TPSA) is 96.5 Å². The van der Waals surface area contributed by atoms with Gasteiger partial charge in [0.05, 0.1) is 5.69 Å². The SMILES string of the molecule is C[C@H]1CCCCN1CCNC(=O)c1ccc(OCc2nnc(C(=O)Nc3ccccc3F)s2)cc1. The fourth-order valence-electron chi connectivity index (χ4n) is 3.89. The molecule has 35 heavy (non-hydrogen) atoms. The van der Waals surface area contributed by atoms with Crippen molar-refractivity contribution in [3.63, 3.8) is 0 Å². The third kappa shape index (κ3) is 6.83. The van der Waals surface area contributed by atoms with Crippen LogP contribution in [-0.2, 0) is 6.61 Å². The first-order valence-corrected chi connectivity index (χ1v) is 12.4. The predicted octanol–water partition coefficient (Wildman–Crippen LogP) is 4.11. The van der Waals surface area contributed by atoms with Crippen LogP contribution in [0.4, 0.5) is 10.1 Å². The lowest BCUT2D eigenvalue weighted by Gasteiger charge is -2.33. The molecule has 1 saturated heterocycles. The molecule has 1 aliphatic rings. The molecule has 184 valence electrons. The second kappa shape index (κ2) is 11.9. The van der Waals surface area contributed by atoms with E-state index in [1.165, 1.54) is 31.4 Å². The third-order valence-corrected chi connectivity index (χ3v) is 6.78. The van der Waals surface area contributed by atoms with E-state index in [4.69, 9.17) is 4.74 Å². The molecule has 2 N–H and O–H groups in total. The number of piperidine rings is 1. The van der Waals surface area contributed by atoms with Gasteiger partial charge in [0.2, 0.25) is 5.01 Å². The van der Waals surface area contributed by atoms with Crippen LogP contribution in [0.3, 0.4) is 0 Å². The number of para-hydroxylation sites is 1. The second-order valence-corrected chi connectivity index (χ2v) is 9.45. The molecule has 1 aromatic heterocycles. The van der Waals surface area contributed by atoms with E-state index in [1.807, 2.05) is 0 Å². The molecule has 1 fully saturated rings. The van der Waals surface area contributed by atoms with E-state index in [0.717, 1.165) is 24.4 Å². The zero-order valence-electron chi connectivity index (χ0n) is 19.5. The van der Waals surface area contributed by atoms with Crippen LogP contribution in [0.1, 0.15) is 51.4 Å².